The summed E-state index contributed by atoms with van der Waals surface area (Å²) in [6.07, 6.45) is 5.00. The highest BCUT2D eigenvalue weighted by Gasteiger charge is 2.21. The number of ether oxygens (including phenoxy) is 1. The van der Waals surface area contributed by atoms with Gasteiger partial charge in [0, 0.05) is 13.2 Å². The molecule has 1 unspecified atom stereocenters. The minimum Gasteiger partial charge on any atom is -0.381 e. The Bertz CT molecular complexity index is 108. The van der Waals surface area contributed by atoms with Crippen molar-refractivity contribution in [1.29, 1.82) is 0 Å². The van der Waals surface area contributed by atoms with Crippen LogP contribution in [0.25, 0.3) is 0 Å². The largest absolute Gasteiger partial charge is 0.381 e. The van der Waals surface area contributed by atoms with E-state index in [4.69, 9.17) is 10.5 Å². The minimum absolute atomic E-state index is 0.749. The molecule has 1 heterocycles. The van der Waals surface area contributed by atoms with Gasteiger partial charge in [-0.15, -0.1) is 0 Å². The van der Waals surface area contributed by atoms with E-state index in [0.29, 0.717) is 0 Å². The lowest BCUT2D eigenvalue weighted by atomic mass is 9.83. The van der Waals surface area contributed by atoms with Gasteiger partial charge < -0.3 is 10.5 Å². The Kier molecular flexibility index (Phi) is 4.62. The number of nitrogens with two attached hydrogens (primary N) is 1. The first kappa shape index (κ1) is 10.0. The average molecular weight is 171 g/mol. The van der Waals surface area contributed by atoms with Gasteiger partial charge in [0.15, 0.2) is 0 Å². The fraction of sp³-hybridized carbons (Fsp3) is 1.00. The monoisotopic (exact) mass is 171 g/mol. The molecule has 0 aromatic carbocycles. The van der Waals surface area contributed by atoms with Crippen LogP contribution >= 0.6 is 0 Å². The summed E-state index contributed by atoms with van der Waals surface area (Å²) < 4.78 is 5.33. The van der Waals surface area contributed by atoms with Crippen LogP contribution < -0.4 is 5.73 Å². The number of rotatable bonds is 4. The molecule has 1 aliphatic heterocycles. The van der Waals surface area contributed by atoms with E-state index in [-0.39, 0.29) is 0 Å². The molecule has 2 N–H and O–H groups in total. The molecule has 0 amide bonds. The molecule has 0 aromatic rings. The Morgan fingerprint density at radius 1 is 1.42 bits per heavy atom. The van der Waals surface area contributed by atoms with Crippen molar-refractivity contribution in [3.05, 3.63) is 0 Å². The van der Waals surface area contributed by atoms with Crippen LogP contribution in [0.3, 0.4) is 0 Å². The highest BCUT2D eigenvalue weighted by atomic mass is 16.5. The maximum Gasteiger partial charge on any atom is 0.0468 e. The third-order valence-corrected chi connectivity index (χ3v) is 2.89. The van der Waals surface area contributed by atoms with Crippen molar-refractivity contribution in [2.45, 2.75) is 32.6 Å². The fourth-order valence-corrected chi connectivity index (χ4v) is 2.10. The Hall–Kier alpha value is -0.0800. The maximum absolute atomic E-state index is 5.75. The molecule has 1 saturated heterocycles. The minimum atomic E-state index is 0.749. The van der Waals surface area contributed by atoms with Crippen LogP contribution in [0.15, 0.2) is 0 Å². The summed E-state index contributed by atoms with van der Waals surface area (Å²) in [5.74, 6) is 1.59. The maximum atomic E-state index is 5.75. The highest BCUT2D eigenvalue weighted by molar-refractivity contribution is 4.73. The Morgan fingerprint density at radius 2 is 2.08 bits per heavy atom. The normalized spacial score (nSPS) is 22.5. The van der Waals surface area contributed by atoms with Crippen LogP contribution in [-0.2, 0) is 4.74 Å². The Labute approximate surface area is 75.5 Å². The van der Waals surface area contributed by atoms with E-state index in [9.17, 15) is 0 Å². The summed E-state index contributed by atoms with van der Waals surface area (Å²) >= 11 is 0. The molecule has 0 spiro atoms. The van der Waals surface area contributed by atoms with Gasteiger partial charge in [0.25, 0.3) is 0 Å². The van der Waals surface area contributed by atoms with Gasteiger partial charge >= 0.3 is 0 Å². The van der Waals surface area contributed by atoms with Gasteiger partial charge in [-0.2, -0.15) is 0 Å². The SMILES string of the molecule is CCCC(CN)C1CCOCC1. The van der Waals surface area contributed by atoms with E-state index in [0.717, 1.165) is 31.6 Å². The molecule has 0 aliphatic carbocycles. The molecule has 2 heteroatoms. The van der Waals surface area contributed by atoms with Crippen molar-refractivity contribution in [1.82, 2.24) is 0 Å². The van der Waals surface area contributed by atoms with Crippen molar-refractivity contribution in [3.63, 3.8) is 0 Å². The topological polar surface area (TPSA) is 35.2 Å². The Morgan fingerprint density at radius 3 is 2.58 bits per heavy atom. The van der Waals surface area contributed by atoms with Crippen LogP contribution in [0, 0.1) is 11.8 Å². The van der Waals surface area contributed by atoms with Gasteiger partial charge in [0.2, 0.25) is 0 Å². The van der Waals surface area contributed by atoms with Gasteiger partial charge in [-0.05, 0) is 37.6 Å². The molecule has 0 bridgehead atoms. The molecule has 72 valence electrons. The second kappa shape index (κ2) is 5.55. The predicted molar refractivity (Wildman–Crippen MR) is 51.0 cm³/mol. The number of hydrogen-bond donors (Lipinski definition) is 1. The van der Waals surface area contributed by atoms with E-state index in [2.05, 4.69) is 6.92 Å². The molecular weight excluding hydrogens is 150 g/mol. The molecule has 1 aliphatic rings. The molecule has 1 rings (SSSR count). The molecule has 2 nitrogen and oxygen atoms in total. The van der Waals surface area contributed by atoms with Crippen molar-refractivity contribution >= 4 is 0 Å². The smallest absolute Gasteiger partial charge is 0.0468 e. The van der Waals surface area contributed by atoms with Crippen LogP contribution in [0.2, 0.25) is 0 Å². The zero-order valence-electron chi connectivity index (χ0n) is 8.09. The molecule has 0 saturated carbocycles. The van der Waals surface area contributed by atoms with Gasteiger partial charge in [-0.3, -0.25) is 0 Å². The molecule has 0 aromatic heterocycles. The predicted octanol–water partition coefficient (Wildman–Crippen LogP) is 1.79. The van der Waals surface area contributed by atoms with E-state index < -0.39 is 0 Å². The van der Waals surface area contributed by atoms with E-state index in [1.807, 2.05) is 0 Å². The van der Waals surface area contributed by atoms with Crippen LogP contribution in [0.5, 0.6) is 0 Å². The molecule has 0 radical (unpaired) electrons. The van der Waals surface area contributed by atoms with Crippen LogP contribution in [0.1, 0.15) is 32.6 Å². The van der Waals surface area contributed by atoms with Gasteiger partial charge in [0.05, 0.1) is 0 Å². The molecule has 1 fully saturated rings. The first-order valence-corrected chi connectivity index (χ1v) is 5.16. The second-order valence-corrected chi connectivity index (χ2v) is 3.73. The lowest BCUT2D eigenvalue weighted by Gasteiger charge is -2.29. The fourth-order valence-electron chi connectivity index (χ4n) is 2.10. The number of hydrogen-bond acceptors (Lipinski definition) is 2. The first-order valence-electron chi connectivity index (χ1n) is 5.16. The van der Waals surface area contributed by atoms with E-state index in [1.54, 1.807) is 0 Å². The standard InChI is InChI=1S/C10H21NO/c1-2-3-10(8-11)9-4-6-12-7-5-9/h9-10H,2-8,11H2,1H3. The van der Waals surface area contributed by atoms with Crippen LogP contribution in [0.4, 0.5) is 0 Å². The summed E-state index contributed by atoms with van der Waals surface area (Å²) in [6, 6.07) is 0. The van der Waals surface area contributed by atoms with E-state index >= 15 is 0 Å². The summed E-state index contributed by atoms with van der Waals surface area (Å²) in [6.45, 7) is 5.00. The van der Waals surface area contributed by atoms with Gasteiger partial charge in [-0.25, -0.2) is 0 Å². The van der Waals surface area contributed by atoms with E-state index in [1.165, 1.54) is 25.7 Å². The highest BCUT2D eigenvalue weighted by Crippen LogP contribution is 2.26. The summed E-state index contributed by atoms with van der Waals surface area (Å²) in [5, 5.41) is 0. The first-order chi connectivity index (χ1) is 5.88. The molecular formula is C10H21NO. The third-order valence-electron chi connectivity index (χ3n) is 2.89. The summed E-state index contributed by atoms with van der Waals surface area (Å²) in [4.78, 5) is 0. The summed E-state index contributed by atoms with van der Waals surface area (Å²) in [7, 11) is 0. The van der Waals surface area contributed by atoms with Crippen molar-refractivity contribution in [2.24, 2.45) is 17.6 Å². The van der Waals surface area contributed by atoms with Crippen LogP contribution in [-0.4, -0.2) is 19.8 Å². The molecule has 1 atom stereocenters. The van der Waals surface area contributed by atoms with Crippen molar-refractivity contribution in [2.75, 3.05) is 19.8 Å². The molecule has 12 heavy (non-hydrogen) atoms. The zero-order valence-corrected chi connectivity index (χ0v) is 8.09. The lowest BCUT2D eigenvalue weighted by Crippen LogP contribution is -2.28. The van der Waals surface area contributed by atoms with Gasteiger partial charge in [0.1, 0.15) is 0 Å². The summed E-state index contributed by atoms with van der Waals surface area (Å²) in [5.41, 5.74) is 5.75. The quantitative estimate of drug-likeness (QED) is 0.700. The Balaban J connectivity index is 2.29. The average Bonchev–Trinajstić information content (AvgIpc) is 2.15. The van der Waals surface area contributed by atoms with Gasteiger partial charge in [-0.1, -0.05) is 13.3 Å². The van der Waals surface area contributed by atoms with Crippen molar-refractivity contribution in [3.8, 4) is 0 Å². The second-order valence-electron chi connectivity index (χ2n) is 3.73. The zero-order chi connectivity index (χ0) is 8.81. The third kappa shape index (κ3) is 2.76. The van der Waals surface area contributed by atoms with Crippen molar-refractivity contribution < 1.29 is 4.74 Å². The lowest BCUT2D eigenvalue weighted by molar-refractivity contribution is 0.0463.